The van der Waals surface area contributed by atoms with Gasteiger partial charge in [0.05, 0.1) is 20.9 Å². The molecule has 0 aliphatic carbocycles. The SMILES string of the molecule is CCc1ccc(S(=O)(=O)NC(=O)N2CCN(S(=O)(=O)c3ccc(Nc4ccnc5cc(C(F)(F)F)ccc45)cc3)CC2)cc1. The van der Waals surface area contributed by atoms with Gasteiger partial charge in [-0.3, -0.25) is 4.98 Å². The number of hydrogen-bond acceptors (Lipinski definition) is 7. The summed E-state index contributed by atoms with van der Waals surface area (Å²) in [4.78, 5) is 17.9. The van der Waals surface area contributed by atoms with E-state index in [1.807, 2.05) is 11.6 Å². The van der Waals surface area contributed by atoms with E-state index in [1.165, 1.54) is 57.9 Å². The van der Waals surface area contributed by atoms with Crippen LogP contribution in [0.5, 0.6) is 0 Å². The summed E-state index contributed by atoms with van der Waals surface area (Å²) < 4.78 is 94.3. The minimum Gasteiger partial charge on any atom is -0.355 e. The van der Waals surface area contributed by atoms with Crippen molar-refractivity contribution in [3.63, 3.8) is 0 Å². The Bertz CT molecular complexity index is 1890. The molecule has 232 valence electrons. The molecule has 10 nitrogen and oxygen atoms in total. The van der Waals surface area contributed by atoms with Crippen molar-refractivity contribution in [2.45, 2.75) is 29.3 Å². The van der Waals surface area contributed by atoms with E-state index >= 15 is 0 Å². The Hall–Kier alpha value is -4.21. The third-order valence-electron chi connectivity index (χ3n) is 7.23. The van der Waals surface area contributed by atoms with Crippen molar-refractivity contribution in [1.29, 1.82) is 0 Å². The minimum absolute atomic E-state index is 0.00783. The predicted molar refractivity (Wildman–Crippen MR) is 158 cm³/mol. The molecule has 1 saturated heterocycles. The highest BCUT2D eigenvalue weighted by Crippen LogP contribution is 2.33. The molecule has 44 heavy (non-hydrogen) atoms. The quantitative estimate of drug-likeness (QED) is 0.290. The van der Waals surface area contributed by atoms with Crippen LogP contribution >= 0.6 is 0 Å². The summed E-state index contributed by atoms with van der Waals surface area (Å²) in [5, 5.41) is 3.55. The summed E-state index contributed by atoms with van der Waals surface area (Å²) in [6, 6.07) is 16.1. The van der Waals surface area contributed by atoms with E-state index in [0.29, 0.717) is 16.8 Å². The van der Waals surface area contributed by atoms with Gasteiger partial charge in [-0.1, -0.05) is 25.1 Å². The van der Waals surface area contributed by atoms with Crippen molar-refractivity contribution in [3.8, 4) is 0 Å². The monoisotopic (exact) mass is 647 g/mol. The van der Waals surface area contributed by atoms with Crippen LogP contribution in [0.25, 0.3) is 10.9 Å². The number of rotatable bonds is 7. The van der Waals surface area contributed by atoms with E-state index in [2.05, 4.69) is 10.3 Å². The average molecular weight is 648 g/mol. The molecule has 0 radical (unpaired) electrons. The molecule has 4 aromatic rings. The Morgan fingerprint density at radius 3 is 2.11 bits per heavy atom. The van der Waals surface area contributed by atoms with E-state index in [9.17, 15) is 34.8 Å². The van der Waals surface area contributed by atoms with Crippen molar-refractivity contribution in [3.05, 3.63) is 90.1 Å². The fourth-order valence-electron chi connectivity index (χ4n) is 4.72. The van der Waals surface area contributed by atoms with Crippen molar-refractivity contribution in [1.82, 2.24) is 18.9 Å². The number of hydrogen-bond donors (Lipinski definition) is 2. The lowest BCUT2D eigenvalue weighted by molar-refractivity contribution is -0.137. The third-order valence-corrected chi connectivity index (χ3v) is 10.5. The summed E-state index contributed by atoms with van der Waals surface area (Å²) in [6.45, 7) is 1.83. The third kappa shape index (κ3) is 6.64. The number of carbonyl (C=O) groups is 1. The van der Waals surface area contributed by atoms with Gasteiger partial charge in [-0.25, -0.2) is 26.4 Å². The molecule has 0 unspecified atom stereocenters. The summed E-state index contributed by atoms with van der Waals surface area (Å²) in [6.07, 6.45) is -2.38. The molecule has 1 fully saturated rings. The Morgan fingerprint density at radius 2 is 1.50 bits per heavy atom. The van der Waals surface area contributed by atoms with Crippen LogP contribution in [0.3, 0.4) is 0 Å². The zero-order valence-corrected chi connectivity index (χ0v) is 25.0. The van der Waals surface area contributed by atoms with E-state index in [1.54, 1.807) is 18.2 Å². The number of nitrogens with zero attached hydrogens (tertiary/aromatic N) is 3. The fraction of sp³-hybridized carbons (Fsp3) is 0.241. The first-order valence-electron chi connectivity index (χ1n) is 13.5. The van der Waals surface area contributed by atoms with E-state index in [0.717, 1.165) is 24.1 Å². The van der Waals surface area contributed by atoms with Gasteiger partial charge in [0, 0.05) is 49.1 Å². The van der Waals surface area contributed by atoms with Gasteiger partial charge < -0.3 is 10.2 Å². The predicted octanol–water partition coefficient (Wildman–Crippen LogP) is 4.96. The van der Waals surface area contributed by atoms with Gasteiger partial charge in [-0.15, -0.1) is 0 Å². The van der Waals surface area contributed by atoms with Crippen molar-refractivity contribution in [2.75, 3.05) is 31.5 Å². The van der Waals surface area contributed by atoms with Crippen molar-refractivity contribution in [2.24, 2.45) is 0 Å². The molecular weight excluding hydrogens is 619 g/mol. The number of alkyl halides is 3. The van der Waals surface area contributed by atoms with Gasteiger partial charge in [0.25, 0.3) is 10.0 Å². The number of sulfonamides is 2. The second kappa shape index (κ2) is 12.1. The number of fused-ring (bicyclic) bond motifs is 1. The number of piperazine rings is 1. The Kier molecular flexibility index (Phi) is 8.55. The van der Waals surface area contributed by atoms with Gasteiger partial charge in [0.1, 0.15) is 0 Å². The van der Waals surface area contributed by atoms with Crippen molar-refractivity contribution >= 4 is 48.4 Å². The summed E-state index contributed by atoms with van der Waals surface area (Å²) >= 11 is 0. The molecule has 0 atom stereocenters. The fourth-order valence-corrected chi connectivity index (χ4v) is 7.12. The van der Waals surface area contributed by atoms with Gasteiger partial charge in [-0.05, 0) is 66.6 Å². The van der Waals surface area contributed by atoms with Crippen LogP contribution in [0.1, 0.15) is 18.1 Å². The maximum atomic E-state index is 13.3. The number of nitrogens with one attached hydrogen (secondary N) is 2. The minimum atomic E-state index is -4.50. The molecule has 0 bridgehead atoms. The second-order valence-electron chi connectivity index (χ2n) is 10.0. The number of carbonyl (C=O) groups excluding carboxylic acids is 1. The smallest absolute Gasteiger partial charge is 0.355 e. The van der Waals surface area contributed by atoms with Crippen LogP contribution in [-0.2, 0) is 32.6 Å². The van der Waals surface area contributed by atoms with Crippen molar-refractivity contribution < 1.29 is 34.8 Å². The van der Waals surface area contributed by atoms with Gasteiger partial charge >= 0.3 is 12.2 Å². The highest BCUT2D eigenvalue weighted by atomic mass is 32.2. The molecule has 0 spiro atoms. The van der Waals surface area contributed by atoms with Crippen LogP contribution in [0.2, 0.25) is 0 Å². The zero-order chi connectivity index (χ0) is 31.7. The number of amides is 2. The maximum Gasteiger partial charge on any atom is 0.416 e. The Balaban J connectivity index is 1.21. The summed E-state index contributed by atoms with van der Waals surface area (Å²) in [7, 11) is -8.02. The first-order valence-corrected chi connectivity index (χ1v) is 16.4. The number of benzene rings is 3. The number of anilines is 2. The van der Waals surface area contributed by atoms with E-state index in [4.69, 9.17) is 0 Å². The number of aromatic nitrogens is 1. The topological polar surface area (TPSA) is 129 Å². The largest absolute Gasteiger partial charge is 0.416 e. The van der Waals surface area contributed by atoms with E-state index in [-0.39, 0.29) is 41.5 Å². The normalized spacial score (nSPS) is 14.9. The molecule has 2 N–H and O–H groups in total. The van der Waals surface area contributed by atoms with Crippen LogP contribution < -0.4 is 10.0 Å². The highest BCUT2D eigenvalue weighted by molar-refractivity contribution is 7.90. The number of pyridine rings is 1. The van der Waals surface area contributed by atoms with Gasteiger partial charge in [0.15, 0.2) is 0 Å². The van der Waals surface area contributed by atoms with Gasteiger partial charge in [0.2, 0.25) is 10.0 Å². The molecule has 15 heteroatoms. The lowest BCUT2D eigenvalue weighted by atomic mass is 10.1. The summed E-state index contributed by atoms with van der Waals surface area (Å²) in [5.74, 6) is 0. The highest BCUT2D eigenvalue weighted by Gasteiger charge is 2.32. The molecule has 5 rings (SSSR count). The Morgan fingerprint density at radius 1 is 0.864 bits per heavy atom. The molecule has 1 aliphatic rings. The molecule has 2 heterocycles. The van der Waals surface area contributed by atoms with Crippen LogP contribution in [0, 0.1) is 0 Å². The molecule has 0 saturated carbocycles. The van der Waals surface area contributed by atoms with Crippen LogP contribution in [0.4, 0.5) is 29.3 Å². The lowest BCUT2D eigenvalue weighted by Crippen LogP contribution is -2.53. The van der Waals surface area contributed by atoms with Crippen LogP contribution in [0.15, 0.2) is 88.8 Å². The lowest BCUT2D eigenvalue weighted by Gasteiger charge is -2.33. The maximum absolute atomic E-state index is 13.3. The molecule has 1 aromatic heterocycles. The molecular formula is C29H28F3N5O5S2. The number of aryl methyl sites for hydroxylation is 1. The first kappa shape index (κ1) is 31.2. The standard InChI is InChI=1S/C29H28F3N5O5S2/c1-2-20-3-8-23(9-4-20)43(39,40)35-28(38)36-15-17-37(18-16-36)44(41,42)24-10-6-22(7-11-24)34-26-13-14-33-27-19-21(29(30,31)32)5-12-25(26)27/h3-14,19H,2,15-18H2,1H3,(H,33,34)(H,35,38). The van der Waals surface area contributed by atoms with Gasteiger partial charge in [-0.2, -0.15) is 17.5 Å². The molecule has 1 aliphatic heterocycles. The Labute approximate surface area is 252 Å². The molecule has 3 aromatic carbocycles. The average Bonchev–Trinajstić information content (AvgIpc) is 3.00. The van der Waals surface area contributed by atoms with Crippen LogP contribution in [-0.4, -0.2) is 63.2 Å². The zero-order valence-electron chi connectivity index (χ0n) is 23.4. The summed E-state index contributed by atoms with van der Waals surface area (Å²) in [5.41, 5.74) is 1.29. The number of urea groups is 1. The van der Waals surface area contributed by atoms with E-state index < -0.39 is 37.8 Å². The number of halogens is 3. The second-order valence-corrected chi connectivity index (χ2v) is 13.7. The first-order chi connectivity index (χ1) is 20.8. The molecule has 2 amide bonds.